The van der Waals surface area contributed by atoms with E-state index < -0.39 is 0 Å². The molecule has 0 heterocycles. The summed E-state index contributed by atoms with van der Waals surface area (Å²) in [6.45, 7) is 15.4. The van der Waals surface area contributed by atoms with Crippen LogP contribution in [-0.4, -0.2) is 19.5 Å². The van der Waals surface area contributed by atoms with Crippen LogP contribution >= 0.6 is 0 Å². The summed E-state index contributed by atoms with van der Waals surface area (Å²) in [6, 6.07) is 0. The molecule has 0 saturated heterocycles. The maximum atomic E-state index is 6.21. The lowest BCUT2D eigenvalue weighted by molar-refractivity contribution is -0.224. The minimum atomic E-state index is -0.136. The topological polar surface area (TPSA) is 18.5 Å². The summed E-state index contributed by atoms with van der Waals surface area (Å²) >= 11 is 0. The van der Waals surface area contributed by atoms with Crippen LogP contribution in [0.1, 0.15) is 67.7 Å². The fraction of sp³-hybridized carbons (Fsp3) is 1.00. The highest BCUT2D eigenvalue weighted by Gasteiger charge is 2.33. The molecular formula is C15H32O2. The van der Waals surface area contributed by atoms with Gasteiger partial charge < -0.3 is 9.47 Å². The van der Waals surface area contributed by atoms with Gasteiger partial charge in [0.05, 0.1) is 6.10 Å². The first-order valence-electron chi connectivity index (χ1n) is 6.81. The number of rotatable bonds is 6. The highest BCUT2D eigenvalue weighted by atomic mass is 16.7. The van der Waals surface area contributed by atoms with Crippen LogP contribution in [0, 0.1) is 10.8 Å². The van der Waals surface area contributed by atoms with Gasteiger partial charge in [-0.3, -0.25) is 0 Å². The first kappa shape index (κ1) is 16.9. The van der Waals surface area contributed by atoms with Crippen LogP contribution in [0.5, 0.6) is 0 Å². The number of methoxy groups -OCH3 is 1. The van der Waals surface area contributed by atoms with E-state index in [1.54, 1.807) is 7.11 Å². The van der Waals surface area contributed by atoms with Gasteiger partial charge in [0.2, 0.25) is 0 Å². The van der Waals surface area contributed by atoms with Crippen LogP contribution in [0.25, 0.3) is 0 Å². The largest absolute Gasteiger partial charge is 0.355 e. The number of unbranched alkanes of at least 4 members (excludes halogenated alkanes) is 1. The van der Waals surface area contributed by atoms with Crippen molar-refractivity contribution < 1.29 is 9.47 Å². The van der Waals surface area contributed by atoms with Crippen molar-refractivity contribution in [3.8, 4) is 0 Å². The predicted molar refractivity (Wildman–Crippen MR) is 74.1 cm³/mol. The van der Waals surface area contributed by atoms with Crippen LogP contribution < -0.4 is 0 Å². The quantitative estimate of drug-likeness (QED) is 0.634. The maximum Gasteiger partial charge on any atom is 0.162 e. The van der Waals surface area contributed by atoms with Gasteiger partial charge in [0.15, 0.2) is 6.29 Å². The second-order valence-electron chi connectivity index (χ2n) is 7.07. The third-order valence-electron chi connectivity index (χ3n) is 2.99. The lowest BCUT2D eigenvalue weighted by Crippen LogP contribution is -2.40. The van der Waals surface area contributed by atoms with Crippen molar-refractivity contribution in [2.75, 3.05) is 7.11 Å². The number of hydrogen-bond acceptors (Lipinski definition) is 2. The van der Waals surface area contributed by atoms with Crippen LogP contribution in [0.3, 0.4) is 0 Å². The lowest BCUT2D eigenvalue weighted by Gasteiger charge is -2.38. The normalized spacial score (nSPS) is 16.9. The molecule has 0 saturated carbocycles. The molecule has 0 aliphatic carbocycles. The molecule has 0 fully saturated rings. The molecule has 2 heteroatoms. The summed E-state index contributed by atoms with van der Waals surface area (Å²) in [7, 11) is 1.73. The minimum absolute atomic E-state index is 0.0183. The van der Waals surface area contributed by atoms with E-state index in [0.29, 0.717) is 0 Å². The van der Waals surface area contributed by atoms with E-state index in [4.69, 9.17) is 9.47 Å². The second kappa shape index (κ2) is 6.75. The summed E-state index contributed by atoms with van der Waals surface area (Å²) in [6.07, 6.45) is 3.65. The molecule has 104 valence electrons. The summed E-state index contributed by atoms with van der Waals surface area (Å²) in [5.74, 6) is 0. The lowest BCUT2D eigenvalue weighted by atomic mass is 9.85. The highest BCUT2D eigenvalue weighted by molar-refractivity contribution is 4.77. The summed E-state index contributed by atoms with van der Waals surface area (Å²) in [4.78, 5) is 0. The smallest absolute Gasteiger partial charge is 0.162 e. The Bertz CT molecular complexity index is 198. The molecule has 0 rings (SSSR count). The molecule has 2 nitrogen and oxygen atoms in total. The van der Waals surface area contributed by atoms with Gasteiger partial charge in [0, 0.05) is 12.5 Å². The maximum absolute atomic E-state index is 6.21. The van der Waals surface area contributed by atoms with Crippen LogP contribution in [0.2, 0.25) is 0 Å². The zero-order chi connectivity index (χ0) is 13.7. The molecule has 17 heavy (non-hydrogen) atoms. The van der Waals surface area contributed by atoms with Crippen molar-refractivity contribution in [3.05, 3.63) is 0 Å². The van der Waals surface area contributed by atoms with Crippen LogP contribution in [0.15, 0.2) is 0 Å². The Hall–Kier alpha value is -0.0800. The summed E-state index contributed by atoms with van der Waals surface area (Å²) in [5, 5.41) is 0. The molecular weight excluding hydrogens is 212 g/mol. The molecule has 0 radical (unpaired) electrons. The van der Waals surface area contributed by atoms with Gasteiger partial charge in [-0.2, -0.15) is 0 Å². The molecule has 0 spiro atoms. The monoisotopic (exact) mass is 244 g/mol. The zero-order valence-corrected chi connectivity index (χ0v) is 13.1. The summed E-state index contributed by atoms with van der Waals surface area (Å²) < 4.78 is 11.7. The van der Waals surface area contributed by atoms with Crippen molar-refractivity contribution >= 4 is 0 Å². The van der Waals surface area contributed by atoms with Gasteiger partial charge in [-0.1, -0.05) is 61.3 Å². The summed E-state index contributed by atoms with van der Waals surface area (Å²) in [5.41, 5.74) is 0.182. The van der Waals surface area contributed by atoms with Gasteiger partial charge in [-0.25, -0.2) is 0 Å². The second-order valence-corrected chi connectivity index (χ2v) is 7.07. The van der Waals surface area contributed by atoms with E-state index in [2.05, 4.69) is 48.5 Å². The van der Waals surface area contributed by atoms with Crippen molar-refractivity contribution in [1.29, 1.82) is 0 Å². The molecule has 0 N–H and O–H groups in total. The van der Waals surface area contributed by atoms with Gasteiger partial charge in [0.1, 0.15) is 0 Å². The van der Waals surface area contributed by atoms with E-state index in [9.17, 15) is 0 Å². The molecule has 0 aliphatic rings. The third kappa shape index (κ3) is 6.42. The Kier molecular flexibility index (Phi) is 6.71. The van der Waals surface area contributed by atoms with Crippen molar-refractivity contribution in [2.45, 2.75) is 80.1 Å². The molecule has 0 aromatic rings. The van der Waals surface area contributed by atoms with Crippen molar-refractivity contribution in [2.24, 2.45) is 10.8 Å². The fourth-order valence-electron chi connectivity index (χ4n) is 1.86. The molecule has 2 atom stereocenters. The average Bonchev–Trinajstić information content (AvgIpc) is 2.14. The Morgan fingerprint density at radius 1 is 0.941 bits per heavy atom. The Labute approximate surface area is 108 Å². The first-order valence-corrected chi connectivity index (χ1v) is 6.81. The molecule has 0 amide bonds. The molecule has 0 bridgehead atoms. The van der Waals surface area contributed by atoms with Gasteiger partial charge >= 0.3 is 0 Å². The third-order valence-corrected chi connectivity index (χ3v) is 2.99. The molecule has 0 aliphatic heterocycles. The molecule has 2 unspecified atom stereocenters. The standard InChI is InChI=1S/C15H32O2/c1-9-10-11-12(14(2,3)4)17-13(16-8)15(5,6)7/h12-13H,9-11H2,1-8H3. The predicted octanol–water partition coefficient (Wildman–Crippen LogP) is 4.63. The number of hydrogen-bond donors (Lipinski definition) is 0. The van der Waals surface area contributed by atoms with Crippen molar-refractivity contribution in [3.63, 3.8) is 0 Å². The Morgan fingerprint density at radius 3 is 1.76 bits per heavy atom. The van der Waals surface area contributed by atoms with Crippen molar-refractivity contribution in [1.82, 2.24) is 0 Å². The van der Waals surface area contributed by atoms with E-state index in [1.165, 1.54) is 12.8 Å². The molecule has 0 aromatic carbocycles. The van der Waals surface area contributed by atoms with Crippen LogP contribution in [-0.2, 0) is 9.47 Å². The number of ether oxygens (including phenoxy) is 2. The van der Waals surface area contributed by atoms with Gasteiger partial charge in [-0.05, 0) is 11.8 Å². The van der Waals surface area contributed by atoms with E-state index >= 15 is 0 Å². The van der Waals surface area contributed by atoms with Gasteiger partial charge in [-0.15, -0.1) is 0 Å². The van der Waals surface area contributed by atoms with E-state index in [-0.39, 0.29) is 23.2 Å². The SMILES string of the molecule is CCCCC(OC(OC)C(C)(C)C)C(C)(C)C. The Balaban J connectivity index is 4.61. The fourth-order valence-corrected chi connectivity index (χ4v) is 1.86. The average molecular weight is 244 g/mol. The zero-order valence-electron chi connectivity index (χ0n) is 13.1. The van der Waals surface area contributed by atoms with Gasteiger partial charge in [0.25, 0.3) is 0 Å². The first-order chi connectivity index (χ1) is 7.62. The minimum Gasteiger partial charge on any atom is -0.355 e. The van der Waals surface area contributed by atoms with E-state index in [1.807, 2.05) is 0 Å². The van der Waals surface area contributed by atoms with E-state index in [0.717, 1.165) is 6.42 Å². The Morgan fingerprint density at radius 2 is 1.47 bits per heavy atom. The highest BCUT2D eigenvalue weighted by Crippen LogP contribution is 2.32. The van der Waals surface area contributed by atoms with Crippen LogP contribution in [0.4, 0.5) is 0 Å². The molecule has 0 aromatic heterocycles.